The number of rotatable bonds is 5. The van der Waals surface area contributed by atoms with E-state index in [0.717, 1.165) is 14.8 Å². The first-order chi connectivity index (χ1) is 12.9. The zero-order chi connectivity index (χ0) is 19.6. The van der Waals surface area contributed by atoms with Gasteiger partial charge in [-0.1, -0.05) is 23.7 Å². The summed E-state index contributed by atoms with van der Waals surface area (Å²) in [5.74, 6) is 0.354. The van der Waals surface area contributed by atoms with Crippen LogP contribution in [0.3, 0.4) is 0 Å². The van der Waals surface area contributed by atoms with E-state index in [9.17, 15) is 4.79 Å². The summed E-state index contributed by atoms with van der Waals surface area (Å²) in [6.45, 7) is 1.98. The van der Waals surface area contributed by atoms with Crippen molar-refractivity contribution in [2.45, 2.75) is 13.0 Å². The fourth-order valence-electron chi connectivity index (χ4n) is 2.70. The van der Waals surface area contributed by atoms with Gasteiger partial charge in [0.25, 0.3) is 5.91 Å². The fourth-order valence-corrected chi connectivity index (χ4v) is 3.30. The SMILES string of the molecule is COc1cc(I)c(Cl)cc1C(=O)N(C)C(C)c1ccc(-n2cncn2)cc1. The average molecular weight is 497 g/mol. The van der Waals surface area contributed by atoms with E-state index in [1.807, 2.05) is 31.2 Å². The summed E-state index contributed by atoms with van der Waals surface area (Å²) in [6.07, 6.45) is 3.13. The molecule has 0 radical (unpaired) electrons. The smallest absolute Gasteiger partial charge is 0.257 e. The Balaban J connectivity index is 1.84. The van der Waals surface area contributed by atoms with Crippen molar-refractivity contribution in [1.82, 2.24) is 19.7 Å². The third-order valence-corrected chi connectivity index (χ3v) is 5.96. The Kier molecular flexibility index (Phi) is 6.01. The van der Waals surface area contributed by atoms with Crippen molar-refractivity contribution < 1.29 is 9.53 Å². The second-order valence-corrected chi connectivity index (χ2v) is 7.56. The normalized spacial score (nSPS) is 11.9. The van der Waals surface area contributed by atoms with Gasteiger partial charge in [-0.15, -0.1) is 0 Å². The number of methoxy groups -OCH3 is 1. The lowest BCUT2D eigenvalue weighted by atomic mass is 10.1. The van der Waals surface area contributed by atoms with Gasteiger partial charge in [0.2, 0.25) is 0 Å². The van der Waals surface area contributed by atoms with Crippen LogP contribution in [0.15, 0.2) is 49.1 Å². The number of benzene rings is 2. The quantitative estimate of drug-likeness (QED) is 0.492. The zero-order valence-corrected chi connectivity index (χ0v) is 18.0. The Morgan fingerprint density at radius 3 is 2.59 bits per heavy atom. The number of halogens is 2. The molecule has 0 aliphatic rings. The monoisotopic (exact) mass is 496 g/mol. The summed E-state index contributed by atoms with van der Waals surface area (Å²) < 4.78 is 7.89. The molecule has 0 saturated heterocycles. The van der Waals surface area contributed by atoms with Crippen molar-refractivity contribution in [3.8, 4) is 11.4 Å². The molecule has 0 aliphatic carbocycles. The van der Waals surface area contributed by atoms with Crippen molar-refractivity contribution in [2.75, 3.05) is 14.2 Å². The molecule has 0 spiro atoms. The molecule has 1 heterocycles. The average Bonchev–Trinajstić information content (AvgIpc) is 3.23. The van der Waals surface area contributed by atoms with Crippen molar-refractivity contribution in [3.05, 3.63) is 68.8 Å². The van der Waals surface area contributed by atoms with Gasteiger partial charge in [0.15, 0.2) is 0 Å². The van der Waals surface area contributed by atoms with Gasteiger partial charge >= 0.3 is 0 Å². The lowest BCUT2D eigenvalue weighted by Gasteiger charge is -2.26. The van der Waals surface area contributed by atoms with Gasteiger partial charge in [-0.05, 0) is 59.3 Å². The molecule has 1 amide bonds. The Hall–Kier alpha value is -2.13. The van der Waals surface area contributed by atoms with Crippen molar-refractivity contribution in [1.29, 1.82) is 0 Å². The summed E-state index contributed by atoms with van der Waals surface area (Å²) in [4.78, 5) is 18.6. The number of carbonyl (C=O) groups is 1. The van der Waals surface area contributed by atoms with Gasteiger partial charge in [-0.2, -0.15) is 5.10 Å². The lowest BCUT2D eigenvalue weighted by Crippen LogP contribution is -2.30. The van der Waals surface area contributed by atoms with Crippen LogP contribution in [-0.4, -0.2) is 39.7 Å². The van der Waals surface area contributed by atoms with Crippen LogP contribution in [0.4, 0.5) is 0 Å². The maximum Gasteiger partial charge on any atom is 0.257 e. The van der Waals surface area contributed by atoms with Gasteiger partial charge < -0.3 is 9.64 Å². The minimum Gasteiger partial charge on any atom is -0.496 e. The first-order valence-corrected chi connectivity index (χ1v) is 9.63. The first-order valence-electron chi connectivity index (χ1n) is 8.17. The molecule has 0 fully saturated rings. The van der Waals surface area contributed by atoms with E-state index in [1.165, 1.54) is 6.33 Å². The maximum atomic E-state index is 13.0. The van der Waals surface area contributed by atoms with E-state index in [4.69, 9.17) is 16.3 Å². The van der Waals surface area contributed by atoms with Gasteiger partial charge in [-0.3, -0.25) is 4.79 Å². The summed E-state index contributed by atoms with van der Waals surface area (Å²) in [5.41, 5.74) is 2.35. The lowest BCUT2D eigenvalue weighted by molar-refractivity contribution is 0.0739. The number of hydrogen-bond acceptors (Lipinski definition) is 4. The number of amides is 1. The van der Waals surface area contributed by atoms with Crippen LogP contribution in [0.2, 0.25) is 5.02 Å². The van der Waals surface area contributed by atoms with Crippen LogP contribution >= 0.6 is 34.2 Å². The van der Waals surface area contributed by atoms with Gasteiger partial charge in [0.1, 0.15) is 18.4 Å². The predicted octanol–water partition coefficient (Wildman–Crippen LogP) is 4.37. The van der Waals surface area contributed by atoms with Crippen LogP contribution < -0.4 is 4.74 Å². The molecule has 1 aromatic heterocycles. The molecule has 27 heavy (non-hydrogen) atoms. The third-order valence-electron chi connectivity index (χ3n) is 4.43. The second kappa shape index (κ2) is 8.26. The van der Waals surface area contributed by atoms with Crippen molar-refractivity contribution in [2.24, 2.45) is 0 Å². The molecule has 1 unspecified atom stereocenters. The number of carbonyl (C=O) groups excluding carboxylic acids is 1. The molecular weight excluding hydrogens is 479 g/mol. The fraction of sp³-hybridized carbons (Fsp3) is 0.211. The molecule has 0 N–H and O–H groups in total. The molecule has 1 atom stereocenters. The summed E-state index contributed by atoms with van der Waals surface area (Å²) in [6, 6.07) is 11.1. The molecule has 3 aromatic rings. The Morgan fingerprint density at radius 2 is 2.00 bits per heavy atom. The number of nitrogens with zero attached hydrogens (tertiary/aromatic N) is 4. The molecule has 140 valence electrons. The van der Waals surface area contributed by atoms with E-state index in [2.05, 4.69) is 32.7 Å². The molecule has 0 bridgehead atoms. The molecular formula is C19H18ClIN4O2. The Labute approximate surface area is 176 Å². The number of aromatic nitrogens is 3. The van der Waals surface area contributed by atoms with Crippen LogP contribution in [-0.2, 0) is 0 Å². The van der Waals surface area contributed by atoms with E-state index < -0.39 is 0 Å². The van der Waals surface area contributed by atoms with E-state index >= 15 is 0 Å². The topological polar surface area (TPSA) is 60.2 Å². The highest BCUT2D eigenvalue weighted by Crippen LogP contribution is 2.31. The minimum atomic E-state index is -0.155. The maximum absolute atomic E-state index is 13.0. The second-order valence-electron chi connectivity index (χ2n) is 5.99. The highest BCUT2D eigenvalue weighted by atomic mass is 127. The van der Waals surface area contributed by atoms with Crippen molar-refractivity contribution in [3.63, 3.8) is 0 Å². The zero-order valence-electron chi connectivity index (χ0n) is 15.1. The van der Waals surface area contributed by atoms with E-state index in [1.54, 1.807) is 42.2 Å². The molecule has 0 aliphatic heterocycles. The summed E-state index contributed by atoms with van der Waals surface area (Å²) >= 11 is 8.32. The van der Waals surface area contributed by atoms with Crippen LogP contribution in [0, 0.1) is 3.57 Å². The van der Waals surface area contributed by atoms with Crippen molar-refractivity contribution >= 4 is 40.1 Å². The van der Waals surface area contributed by atoms with Crippen LogP contribution in [0.5, 0.6) is 5.75 Å². The Bertz CT molecular complexity index is 945. The first kappa shape index (κ1) is 19.6. The van der Waals surface area contributed by atoms with E-state index in [0.29, 0.717) is 16.3 Å². The number of hydrogen-bond donors (Lipinski definition) is 0. The van der Waals surface area contributed by atoms with Gasteiger partial charge in [-0.25, -0.2) is 9.67 Å². The molecule has 2 aromatic carbocycles. The summed E-state index contributed by atoms with van der Waals surface area (Å²) in [5, 5.41) is 4.64. The molecule has 3 rings (SSSR count). The third kappa shape index (κ3) is 4.08. The van der Waals surface area contributed by atoms with Gasteiger partial charge in [0.05, 0.1) is 29.4 Å². The highest BCUT2D eigenvalue weighted by molar-refractivity contribution is 14.1. The number of ether oxygens (including phenoxy) is 1. The minimum absolute atomic E-state index is 0.134. The standard InChI is InChI=1S/C19H18ClIN4O2/c1-12(13-4-6-14(7-5-13)25-11-22-10-23-25)24(2)19(26)15-8-16(20)17(21)9-18(15)27-3/h4-12H,1-3H3. The highest BCUT2D eigenvalue weighted by Gasteiger charge is 2.23. The largest absolute Gasteiger partial charge is 0.496 e. The molecule has 6 nitrogen and oxygen atoms in total. The Morgan fingerprint density at radius 1 is 1.30 bits per heavy atom. The molecule has 8 heteroatoms. The van der Waals surface area contributed by atoms with Crippen LogP contribution in [0.25, 0.3) is 5.69 Å². The molecule has 0 saturated carbocycles. The predicted molar refractivity (Wildman–Crippen MR) is 113 cm³/mol. The van der Waals surface area contributed by atoms with Crippen LogP contribution in [0.1, 0.15) is 28.9 Å². The van der Waals surface area contributed by atoms with Gasteiger partial charge in [0, 0.05) is 10.6 Å². The summed E-state index contributed by atoms with van der Waals surface area (Å²) in [7, 11) is 3.31. The van der Waals surface area contributed by atoms with E-state index in [-0.39, 0.29) is 11.9 Å².